The highest BCUT2D eigenvalue weighted by molar-refractivity contribution is 7.85. The minimum Gasteiger partial charge on any atom is -0.313 e. The highest BCUT2D eigenvalue weighted by Gasteiger charge is 2.36. The lowest BCUT2D eigenvalue weighted by Gasteiger charge is -2.26. The van der Waals surface area contributed by atoms with Crippen LogP contribution in [0.4, 0.5) is 0 Å². The van der Waals surface area contributed by atoms with Crippen molar-refractivity contribution in [1.29, 1.82) is 0 Å². The second kappa shape index (κ2) is 17.1. The van der Waals surface area contributed by atoms with E-state index in [0.717, 1.165) is 82.5 Å². The maximum Gasteiger partial charge on any atom is 0.171 e. The van der Waals surface area contributed by atoms with Crippen molar-refractivity contribution >= 4 is 98.0 Å². The molecule has 2 heterocycles. The maximum atomic E-state index is 15.8. The average Bonchev–Trinajstić information content (AvgIpc) is 3.93. The van der Waals surface area contributed by atoms with Crippen LogP contribution in [-0.2, 0) is 15.6 Å². The smallest absolute Gasteiger partial charge is 0.171 e. The van der Waals surface area contributed by atoms with Crippen LogP contribution in [0.5, 0.6) is 0 Å². The predicted octanol–water partition coefficient (Wildman–Crippen LogP) is 12.5. The molecule has 9 aromatic carbocycles. The molecule has 69 heavy (non-hydrogen) atoms. The predicted molar refractivity (Wildman–Crippen MR) is 296 cm³/mol. The van der Waals surface area contributed by atoms with E-state index in [2.05, 4.69) is 144 Å². The van der Waals surface area contributed by atoms with Crippen LogP contribution in [0, 0.1) is 0 Å². The molecule has 0 aliphatic heterocycles. The minimum atomic E-state index is -3.24. The third-order valence-corrected chi connectivity index (χ3v) is 24.3. The number of nitrogens with zero attached hydrogens (tertiary/aromatic N) is 2. The molecule has 2 aromatic heterocycles. The summed E-state index contributed by atoms with van der Waals surface area (Å²) in [6.07, 6.45) is 3.76. The maximum absolute atomic E-state index is 15.8. The fourth-order valence-electron chi connectivity index (χ4n) is 10.9. The number of allylic oxidation sites excluding steroid dienone is 1. The van der Waals surface area contributed by atoms with Gasteiger partial charge < -0.3 is 18.3 Å². The molecule has 1 aliphatic rings. The first-order valence-electron chi connectivity index (χ1n) is 23.8. The van der Waals surface area contributed by atoms with E-state index in [-0.39, 0.29) is 0 Å². The van der Waals surface area contributed by atoms with Gasteiger partial charge in [-0.15, -0.1) is 0 Å². The van der Waals surface area contributed by atoms with E-state index < -0.39 is 22.4 Å². The molecule has 0 unspecified atom stereocenters. The van der Waals surface area contributed by atoms with E-state index in [1.807, 2.05) is 121 Å². The van der Waals surface area contributed by atoms with Crippen LogP contribution in [0.25, 0.3) is 50.2 Å². The molecular formula is C62H50N2O2P2Si. The summed E-state index contributed by atoms with van der Waals surface area (Å²) in [6.45, 7) is 4.91. The molecule has 11 aromatic rings. The van der Waals surface area contributed by atoms with Gasteiger partial charge in [0.15, 0.2) is 14.3 Å². The summed E-state index contributed by atoms with van der Waals surface area (Å²) < 4.78 is 36.4. The van der Waals surface area contributed by atoms with E-state index in [1.54, 1.807) is 0 Å². The van der Waals surface area contributed by atoms with Gasteiger partial charge in [0.2, 0.25) is 0 Å². The van der Waals surface area contributed by atoms with Gasteiger partial charge in [-0.1, -0.05) is 205 Å². The van der Waals surface area contributed by atoms with Crippen LogP contribution in [0.3, 0.4) is 0 Å². The Bertz CT molecular complexity index is 3760. The molecule has 4 nitrogen and oxygen atoms in total. The molecule has 0 saturated heterocycles. The molecule has 12 rings (SSSR count). The van der Waals surface area contributed by atoms with Crippen LogP contribution in [0.15, 0.2) is 242 Å². The third-order valence-electron chi connectivity index (χ3n) is 14.5. The molecular weight excluding hydrogens is 895 g/mol. The highest BCUT2D eigenvalue weighted by Crippen LogP contribution is 2.56. The lowest BCUT2D eigenvalue weighted by Crippen LogP contribution is -2.52. The second-order valence-corrected chi connectivity index (χ2v) is 28.7. The van der Waals surface area contributed by atoms with Crippen molar-refractivity contribution in [3.8, 4) is 11.4 Å². The Balaban J connectivity index is 1.05. The Kier molecular flexibility index (Phi) is 10.6. The van der Waals surface area contributed by atoms with Crippen molar-refractivity contribution in [2.24, 2.45) is 0 Å². The molecule has 0 spiro atoms. The molecule has 0 amide bonds. The van der Waals surface area contributed by atoms with Crippen molar-refractivity contribution in [3.05, 3.63) is 253 Å². The lowest BCUT2D eigenvalue weighted by molar-refractivity contribution is 0.589. The standard InChI is InChI=1S/C62H50N2O2P2Si/c1-69(2,53-35-39-61-57(43-53)55-41-51(33-37-59(55)63(61)45-21-9-3-10-22-45)67(65,47-25-13-5-14-26-47)48-27-15-6-16-28-48)54-36-40-62-58(44-54)56-42-52(34-38-60(56)64(62)46-23-11-4-12-24-46)68(66,49-29-17-7-18-30-49)50-31-19-8-20-32-50/h3-33,35-37,39-44H,34,38H2,1-2H3. The molecule has 7 heteroatoms. The van der Waals surface area contributed by atoms with Crippen molar-refractivity contribution in [3.63, 3.8) is 0 Å². The number of hydrogen-bond acceptors (Lipinski definition) is 2. The molecule has 0 radical (unpaired) electrons. The van der Waals surface area contributed by atoms with E-state index in [0.29, 0.717) is 6.42 Å². The Morgan fingerprint density at radius 2 is 0.768 bits per heavy atom. The van der Waals surface area contributed by atoms with Crippen molar-refractivity contribution in [1.82, 2.24) is 9.13 Å². The van der Waals surface area contributed by atoms with Crippen LogP contribution in [0.2, 0.25) is 13.1 Å². The molecule has 0 fully saturated rings. The summed E-state index contributed by atoms with van der Waals surface area (Å²) in [7, 11) is -8.83. The van der Waals surface area contributed by atoms with Gasteiger partial charge in [0, 0.05) is 65.3 Å². The van der Waals surface area contributed by atoms with Gasteiger partial charge in [-0.3, -0.25) is 0 Å². The Labute approximate surface area is 404 Å². The first-order valence-corrected chi connectivity index (χ1v) is 30.2. The summed E-state index contributed by atoms with van der Waals surface area (Å²) in [5.41, 5.74) is 7.95. The van der Waals surface area contributed by atoms with Gasteiger partial charge in [-0.2, -0.15) is 0 Å². The zero-order valence-corrected chi connectivity index (χ0v) is 41.4. The lowest BCUT2D eigenvalue weighted by atomic mass is 10.0. The zero-order chi connectivity index (χ0) is 46.7. The van der Waals surface area contributed by atoms with E-state index >= 15 is 9.13 Å². The van der Waals surface area contributed by atoms with E-state index in [4.69, 9.17) is 0 Å². The molecule has 1 aliphatic carbocycles. The molecule has 0 N–H and O–H groups in total. The van der Waals surface area contributed by atoms with Crippen LogP contribution < -0.4 is 36.9 Å². The normalized spacial score (nSPS) is 13.2. The Morgan fingerprint density at radius 3 is 1.26 bits per heavy atom. The number of hydrogen-bond donors (Lipinski definition) is 0. The van der Waals surface area contributed by atoms with Gasteiger partial charge in [-0.05, 0) is 78.8 Å². The number of para-hydroxylation sites is 2. The Morgan fingerprint density at radius 1 is 0.377 bits per heavy atom. The SMILES string of the molecule is C[Si](C)(c1ccc2c(c1)c1c(n2-c2ccccc2)CCC(P(=O)(c2ccccc2)c2ccccc2)=C1)c1ccc2c(c1)c1cc(P(=O)(c3ccccc3)c3ccccc3)ccc1n2-c1ccccc1. The highest BCUT2D eigenvalue weighted by atomic mass is 31.2. The largest absolute Gasteiger partial charge is 0.313 e. The quantitative estimate of drug-likeness (QED) is 0.101. The van der Waals surface area contributed by atoms with Crippen LogP contribution in [-0.4, -0.2) is 17.2 Å². The van der Waals surface area contributed by atoms with E-state index in [9.17, 15) is 0 Å². The summed E-state index contributed by atoms with van der Waals surface area (Å²) >= 11 is 0. The topological polar surface area (TPSA) is 44.0 Å². The first kappa shape index (κ1) is 43.0. The summed E-state index contributed by atoms with van der Waals surface area (Å²) in [6, 6.07) is 81.9. The average molecular weight is 945 g/mol. The summed E-state index contributed by atoms with van der Waals surface area (Å²) in [4.78, 5) is 0. The third kappa shape index (κ3) is 7.02. The van der Waals surface area contributed by atoms with Crippen molar-refractivity contribution < 1.29 is 9.13 Å². The number of aromatic nitrogens is 2. The number of rotatable bonds is 10. The van der Waals surface area contributed by atoms with Gasteiger partial charge in [0.25, 0.3) is 0 Å². The van der Waals surface area contributed by atoms with E-state index in [1.165, 1.54) is 21.5 Å². The number of benzene rings is 9. The fraction of sp³-hybridized carbons (Fsp3) is 0.0645. The van der Waals surface area contributed by atoms with Crippen LogP contribution >= 0.6 is 14.3 Å². The molecule has 0 atom stereocenters. The first-order chi connectivity index (χ1) is 33.7. The molecule has 334 valence electrons. The molecule has 0 bridgehead atoms. The summed E-state index contributed by atoms with van der Waals surface area (Å²) in [5, 5.41) is 11.2. The van der Waals surface area contributed by atoms with Gasteiger partial charge in [0.1, 0.15) is 8.07 Å². The molecule has 0 saturated carbocycles. The van der Waals surface area contributed by atoms with Crippen molar-refractivity contribution in [2.45, 2.75) is 25.9 Å². The van der Waals surface area contributed by atoms with Gasteiger partial charge >= 0.3 is 0 Å². The van der Waals surface area contributed by atoms with Gasteiger partial charge in [0.05, 0.1) is 16.6 Å². The zero-order valence-electron chi connectivity index (χ0n) is 38.6. The minimum absolute atomic E-state index is 0.703. The number of fused-ring (bicyclic) bond motifs is 6. The van der Waals surface area contributed by atoms with Crippen LogP contribution in [0.1, 0.15) is 17.7 Å². The Hall–Kier alpha value is -7.26. The fourth-order valence-corrected chi connectivity index (χ4v) is 18.8. The second-order valence-electron chi connectivity index (χ2n) is 18.7. The van der Waals surface area contributed by atoms with Crippen molar-refractivity contribution in [2.75, 3.05) is 0 Å². The summed E-state index contributed by atoms with van der Waals surface area (Å²) in [5.74, 6) is 0. The monoisotopic (exact) mass is 944 g/mol. The van der Waals surface area contributed by atoms with Gasteiger partial charge in [-0.25, -0.2) is 0 Å².